The molecule has 1 unspecified atom stereocenters. The van der Waals surface area contributed by atoms with Crippen molar-refractivity contribution in [3.05, 3.63) is 85.6 Å². The van der Waals surface area contributed by atoms with Crippen LogP contribution in [0.4, 0.5) is 10.5 Å². The van der Waals surface area contributed by atoms with Crippen molar-refractivity contribution in [1.82, 2.24) is 10.6 Å². The molecule has 2 aromatic rings. The Morgan fingerprint density at radius 3 is 2.45 bits per heavy atom. The Morgan fingerprint density at radius 1 is 1.12 bits per heavy atom. The fraction of sp³-hybridized carbons (Fsp3) is 0.227. The van der Waals surface area contributed by atoms with Gasteiger partial charge in [-0.25, -0.2) is 14.4 Å². The van der Waals surface area contributed by atoms with Gasteiger partial charge in [0, 0.05) is 16.7 Å². The summed E-state index contributed by atoms with van der Waals surface area (Å²) in [7, 11) is 0. The van der Waals surface area contributed by atoms with E-state index in [0.29, 0.717) is 16.1 Å². The fourth-order valence-electron chi connectivity index (χ4n) is 3.24. The van der Waals surface area contributed by atoms with Crippen LogP contribution in [0.3, 0.4) is 0 Å². The highest BCUT2D eigenvalue weighted by Crippen LogP contribution is 2.29. The summed E-state index contributed by atoms with van der Waals surface area (Å²) < 4.78 is 10.4. The van der Waals surface area contributed by atoms with Crippen molar-refractivity contribution in [3.8, 4) is 0 Å². The number of nitro groups is 1. The van der Waals surface area contributed by atoms with E-state index in [1.54, 1.807) is 38.1 Å². The van der Waals surface area contributed by atoms with Crippen molar-refractivity contribution in [2.75, 3.05) is 13.2 Å². The number of benzene rings is 2. The standard InChI is InChI=1S/C22H20ClN3O7/c1-3-32-21(28)18-16(24-22(29)25-19(18)13-6-8-15(23)9-7-13)11-33-20(27)14-5-4-12(2)17(10-14)26(30)31/h4-10,19H,3,11H2,1-2H3,(H2,24,25,29). The minimum Gasteiger partial charge on any atom is -0.463 e. The first-order valence-corrected chi connectivity index (χ1v) is 10.2. The summed E-state index contributed by atoms with van der Waals surface area (Å²) >= 11 is 5.94. The number of urea groups is 1. The van der Waals surface area contributed by atoms with Crippen molar-refractivity contribution < 1.29 is 28.8 Å². The first-order valence-electron chi connectivity index (χ1n) is 9.86. The number of nitrogens with zero attached hydrogens (tertiary/aromatic N) is 1. The predicted molar refractivity (Wildman–Crippen MR) is 118 cm³/mol. The van der Waals surface area contributed by atoms with Crippen LogP contribution in [0.1, 0.15) is 34.5 Å². The number of rotatable bonds is 7. The number of esters is 2. The van der Waals surface area contributed by atoms with Crippen LogP contribution in [0, 0.1) is 17.0 Å². The molecule has 1 aliphatic rings. The minimum absolute atomic E-state index is 0.0344. The summed E-state index contributed by atoms with van der Waals surface area (Å²) in [4.78, 5) is 48.1. The van der Waals surface area contributed by atoms with Gasteiger partial charge in [-0.05, 0) is 37.6 Å². The van der Waals surface area contributed by atoms with Gasteiger partial charge in [-0.3, -0.25) is 10.1 Å². The molecule has 0 aromatic heterocycles. The summed E-state index contributed by atoms with van der Waals surface area (Å²) in [6, 6.07) is 8.96. The van der Waals surface area contributed by atoms with E-state index in [2.05, 4.69) is 10.6 Å². The van der Waals surface area contributed by atoms with E-state index in [1.165, 1.54) is 12.1 Å². The third-order valence-corrected chi connectivity index (χ3v) is 5.09. The molecule has 0 saturated carbocycles. The van der Waals surface area contributed by atoms with Crippen molar-refractivity contribution in [2.45, 2.75) is 19.9 Å². The molecule has 0 bridgehead atoms. The average molecular weight is 474 g/mol. The molecule has 10 nitrogen and oxygen atoms in total. The monoisotopic (exact) mass is 473 g/mol. The molecule has 2 aromatic carbocycles. The Bertz CT molecular complexity index is 1150. The maximum absolute atomic E-state index is 12.7. The van der Waals surface area contributed by atoms with Crippen LogP contribution in [0.15, 0.2) is 53.7 Å². The summed E-state index contributed by atoms with van der Waals surface area (Å²) in [6.45, 7) is 2.80. The second-order valence-corrected chi connectivity index (χ2v) is 7.47. The van der Waals surface area contributed by atoms with Gasteiger partial charge in [-0.2, -0.15) is 0 Å². The maximum Gasteiger partial charge on any atom is 0.338 e. The quantitative estimate of drug-likeness (QED) is 0.356. The molecule has 1 heterocycles. The number of nitro benzene ring substituents is 1. The van der Waals surface area contributed by atoms with Crippen molar-refractivity contribution in [3.63, 3.8) is 0 Å². The number of hydrogen-bond donors (Lipinski definition) is 2. The second-order valence-electron chi connectivity index (χ2n) is 7.03. The Labute approximate surface area is 193 Å². The molecule has 1 atom stereocenters. The molecule has 0 radical (unpaired) electrons. The summed E-state index contributed by atoms with van der Waals surface area (Å²) in [5.74, 6) is -1.56. The smallest absolute Gasteiger partial charge is 0.338 e. The Balaban J connectivity index is 1.92. The van der Waals surface area contributed by atoms with E-state index in [1.807, 2.05) is 0 Å². The van der Waals surface area contributed by atoms with Crippen LogP contribution in [-0.2, 0) is 14.3 Å². The average Bonchev–Trinajstić information content (AvgIpc) is 2.77. The zero-order valence-corrected chi connectivity index (χ0v) is 18.5. The highest BCUT2D eigenvalue weighted by molar-refractivity contribution is 6.30. The lowest BCUT2D eigenvalue weighted by atomic mass is 9.95. The SMILES string of the molecule is CCOC(=O)C1=C(COC(=O)c2ccc(C)c([N+](=O)[O-])c2)NC(=O)NC1c1ccc(Cl)cc1. The highest BCUT2D eigenvalue weighted by Gasteiger charge is 2.34. The molecule has 0 fully saturated rings. The molecule has 0 saturated heterocycles. The highest BCUT2D eigenvalue weighted by atomic mass is 35.5. The molecule has 0 aliphatic carbocycles. The summed E-state index contributed by atoms with van der Waals surface area (Å²) in [6.07, 6.45) is 0. The van der Waals surface area contributed by atoms with Gasteiger partial charge in [0.15, 0.2) is 0 Å². The van der Waals surface area contributed by atoms with E-state index >= 15 is 0 Å². The largest absolute Gasteiger partial charge is 0.463 e. The molecule has 1 aliphatic heterocycles. The normalized spacial score (nSPS) is 15.4. The zero-order chi connectivity index (χ0) is 24.1. The van der Waals surface area contributed by atoms with Crippen molar-refractivity contribution in [1.29, 1.82) is 0 Å². The zero-order valence-electron chi connectivity index (χ0n) is 17.7. The third kappa shape index (κ3) is 5.47. The lowest BCUT2D eigenvalue weighted by molar-refractivity contribution is -0.385. The van der Waals surface area contributed by atoms with Gasteiger partial charge in [-0.1, -0.05) is 29.8 Å². The molecule has 2 N–H and O–H groups in total. The molecular formula is C22H20ClN3O7. The van der Waals surface area contributed by atoms with Crippen LogP contribution < -0.4 is 10.6 Å². The topological polar surface area (TPSA) is 137 Å². The minimum atomic E-state index is -0.871. The number of carbonyl (C=O) groups excluding carboxylic acids is 3. The lowest BCUT2D eigenvalue weighted by Crippen LogP contribution is -2.47. The molecule has 0 spiro atoms. The number of carbonyl (C=O) groups is 3. The Hall–Kier alpha value is -3.92. The maximum atomic E-state index is 12.7. The van der Waals surface area contributed by atoms with Crippen LogP contribution in [0.25, 0.3) is 0 Å². The fourth-order valence-corrected chi connectivity index (χ4v) is 3.37. The van der Waals surface area contributed by atoms with E-state index in [4.69, 9.17) is 21.1 Å². The first kappa shape index (κ1) is 23.7. The van der Waals surface area contributed by atoms with E-state index in [-0.39, 0.29) is 29.1 Å². The third-order valence-electron chi connectivity index (χ3n) is 4.84. The number of hydrogen-bond acceptors (Lipinski definition) is 7. The van der Waals surface area contributed by atoms with Gasteiger partial charge in [0.1, 0.15) is 6.61 Å². The van der Waals surface area contributed by atoms with Crippen LogP contribution in [0.5, 0.6) is 0 Å². The first-order chi connectivity index (χ1) is 15.7. The van der Waals surface area contributed by atoms with Gasteiger partial charge in [0.05, 0.1) is 34.4 Å². The van der Waals surface area contributed by atoms with Gasteiger partial charge >= 0.3 is 18.0 Å². The number of aryl methyl sites for hydroxylation is 1. The number of ether oxygens (including phenoxy) is 2. The van der Waals surface area contributed by atoms with E-state index in [0.717, 1.165) is 6.07 Å². The van der Waals surface area contributed by atoms with Gasteiger partial charge in [0.25, 0.3) is 5.69 Å². The second kappa shape index (κ2) is 10.1. The van der Waals surface area contributed by atoms with Crippen LogP contribution in [-0.4, -0.2) is 36.1 Å². The van der Waals surface area contributed by atoms with Gasteiger partial charge < -0.3 is 20.1 Å². The van der Waals surface area contributed by atoms with Gasteiger partial charge in [-0.15, -0.1) is 0 Å². The van der Waals surface area contributed by atoms with Crippen molar-refractivity contribution in [2.24, 2.45) is 0 Å². The van der Waals surface area contributed by atoms with E-state index in [9.17, 15) is 24.5 Å². The lowest BCUT2D eigenvalue weighted by Gasteiger charge is -2.29. The molecule has 11 heteroatoms. The van der Waals surface area contributed by atoms with Gasteiger partial charge in [0.2, 0.25) is 0 Å². The number of nitrogens with one attached hydrogen (secondary N) is 2. The van der Waals surface area contributed by atoms with Crippen LogP contribution >= 0.6 is 11.6 Å². The molecule has 33 heavy (non-hydrogen) atoms. The van der Waals surface area contributed by atoms with Crippen LogP contribution in [0.2, 0.25) is 5.02 Å². The summed E-state index contributed by atoms with van der Waals surface area (Å²) in [5.41, 5.74) is 0.776. The molecular weight excluding hydrogens is 454 g/mol. The predicted octanol–water partition coefficient (Wildman–Crippen LogP) is 3.58. The summed E-state index contributed by atoms with van der Waals surface area (Å²) in [5, 5.41) is 16.7. The molecule has 2 amide bonds. The number of halogens is 1. The molecule has 172 valence electrons. The Morgan fingerprint density at radius 2 is 1.82 bits per heavy atom. The number of amides is 2. The molecule has 3 rings (SSSR count). The Kier molecular flexibility index (Phi) is 7.29. The van der Waals surface area contributed by atoms with Crippen molar-refractivity contribution >= 4 is 35.3 Å². The van der Waals surface area contributed by atoms with E-state index < -0.39 is 35.5 Å².